The van der Waals surface area contributed by atoms with Crippen LogP contribution in [0.15, 0.2) is 12.4 Å². The Bertz CT molecular complexity index is 475. The van der Waals surface area contributed by atoms with Crippen molar-refractivity contribution in [1.82, 2.24) is 4.57 Å². The lowest BCUT2D eigenvalue weighted by atomic mass is 10.1. The second-order valence-electron chi connectivity index (χ2n) is 9.50. The predicted octanol–water partition coefficient (Wildman–Crippen LogP) is 8.57. The molecule has 0 aromatic carbocycles. The van der Waals surface area contributed by atoms with E-state index in [1.54, 1.807) is 0 Å². The van der Waals surface area contributed by atoms with Gasteiger partial charge in [-0.25, -0.2) is 9.13 Å². The Morgan fingerprint density at radius 1 is 0.655 bits per heavy atom. The van der Waals surface area contributed by atoms with E-state index in [1.165, 1.54) is 128 Å². The van der Waals surface area contributed by atoms with Crippen LogP contribution in [0.3, 0.4) is 0 Å². The molecule has 0 aliphatic rings. The molecular weight excluding hydrogens is 352 g/mol. The molecule has 0 unspecified atom stereocenters. The third-order valence-electron chi connectivity index (χ3n) is 6.29. The highest BCUT2D eigenvalue weighted by Crippen LogP contribution is 2.15. The van der Waals surface area contributed by atoms with Crippen LogP contribution in [0.2, 0.25) is 0 Å². The van der Waals surface area contributed by atoms with Crippen LogP contribution in [0.25, 0.3) is 0 Å². The first-order valence-corrected chi connectivity index (χ1v) is 13.3. The van der Waals surface area contributed by atoms with Crippen molar-refractivity contribution < 1.29 is 4.57 Å². The standard InChI is InChI=1S/C27H53N2/c1-5-7-9-11-13-15-17-19-21-23-29-25-24-28(27(29)26(3)4)22-20-18-16-14-12-10-8-6-2/h24-26H,5-23H2,1-4H3/q+1. The Kier molecular flexibility index (Phi) is 16.3. The molecule has 0 amide bonds. The number of aromatic nitrogens is 2. The zero-order valence-corrected chi connectivity index (χ0v) is 20.6. The summed E-state index contributed by atoms with van der Waals surface area (Å²) in [7, 11) is 0. The molecule has 0 fully saturated rings. The van der Waals surface area contributed by atoms with Gasteiger partial charge in [-0.2, -0.15) is 0 Å². The number of imidazole rings is 1. The summed E-state index contributed by atoms with van der Waals surface area (Å²) < 4.78 is 5.08. The quantitative estimate of drug-likeness (QED) is 0.152. The zero-order chi connectivity index (χ0) is 21.2. The second-order valence-corrected chi connectivity index (χ2v) is 9.50. The second kappa shape index (κ2) is 18.0. The van der Waals surface area contributed by atoms with Gasteiger partial charge >= 0.3 is 0 Å². The van der Waals surface area contributed by atoms with Crippen molar-refractivity contribution in [2.24, 2.45) is 0 Å². The van der Waals surface area contributed by atoms with E-state index in [0.29, 0.717) is 5.92 Å². The van der Waals surface area contributed by atoms with Crippen LogP contribution in [-0.4, -0.2) is 4.57 Å². The minimum absolute atomic E-state index is 0.609. The highest BCUT2D eigenvalue weighted by molar-refractivity contribution is 4.89. The Morgan fingerprint density at radius 2 is 1.10 bits per heavy atom. The molecule has 0 spiro atoms. The summed E-state index contributed by atoms with van der Waals surface area (Å²) in [4.78, 5) is 0. The monoisotopic (exact) mass is 405 g/mol. The lowest BCUT2D eigenvalue weighted by Crippen LogP contribution is -2.38. The summed E-state index contributed by atoms with van der Waals surface area (Å²) in [5.74, 6) is 2.14. The van der Waals surface area contributed by atoms with Crippen molar-refractivity contribution in [2.45, 2.75) is 156 Å². The van der Waals surface area contributed by atoms with E-state index in [0.717, 1.165) is 0 Å². The molecule has 0 radical (unpaired) electrons. The molecule has 0 saturated carbocycles. The molecule has 0 aliphatic carbocycles. The smallest absolute Gasteiger partial charge is 0.234 e. The molecule has 0 saturated heterocycles. The maximum Gasteiger partial charge on any atom is 0.258 e. The molecular formula is C27H53N2+. The molecule has 0 atom stereocenters. The molecule has 0 N–H and O–H groups in total. The predicted molar refractivity (Wildman–Crippen MR) is 129 cm³/mol. The Hall–Kier alpha value is -0.790. The van der Waals surface area contributed by atoms with Gasteiger partial charge < -0.3 is 0 Å². The first kappa shape index (κ1) is 26.2. The summed E-state index contributed by atoms with van der Waals surface area (Å²) in [6.07, 6.45) is 28.6. The van der Waals surface area contributed by atoms with E-state index >= 15 is 0 Å². The van der Waals surface area contributed by atoms with E-state index in [4.69, 9.17) is 0 Å². The SMILES string of the molecule is CCCCCCCCCCC[n+]1ccn(CCCCCCCCCC)c1C(C)C. The number of hydrogen-bond acceptors (Lipinski definition) is 0. The van der Waals surface area contributed by atoms with Crippen molar-refractivity contribution in [2.75, 3.05) is 0 Å². The van der Waals surface area contributed by atoms with Gasteiger partial charge in [-0.3, -0.25) is 0 Å². The lowest BCUT2D eigenvalue weighted by molar-refractivity contribution is -0.705. The Labute approximate surface area is 183 Å². The van der Waals surface area contributed by atoms with Crippen LogP contribution in [0, 0.1) is 0 Å². The Morgan fingerprint density at radius 3 is 1.59 bits per heavy atom. The van der Waals surface area contributed by atoms with Crippen LogP contribution in [0.4, 0.5) is 0 Å². The van der Waals surface area contributed by atoms with Crippen molar-refractivity contribution >= 4 is 0 Å². The summed E-state index contributed by atoms with van der Waals surface area (Å²) in [5, 5.41) is 0. The molecule has 2 nitrogen and oxygen atoms in total. The topological polar surface area (TPSA) is 8.81 Å². The molecule has 1 heterocycles. The fourth-order valence-electron chi connectivity index (χ4n) is 4.53. The van der Waals surface area contributed by atoms with Gasteiger partial charge in [0, 0.05) is 0 Å². The van der Waals surface area contributed by atoms with Crippen molar-refractivity contribution in [3.63, 3.8) is 0 Å². The Balaban J connectivity index is 2.21. The zero-order valence-electron chi connectivity index (χ0n) is 20.6. The number of hydrogen-bond donors (Lipinski definition) is 0. The van der Waals surface area contributed by atoms with Gasteiger partial charge in [0.15, 0.2) is 0 Å². The first-order chi connectivity index (χ1) is 14.2. The summed E-state index contributed by atoms with van der Waals surface area (Å²) in [5.41, 5.74) is 0. The largest absolute Gasteiger partial charge is 0.258 e. The maximum atomic E-state index is 2.54. The van der Waals surface area contributed by atoms with Crippen LogP contribution in [0.1, 0.15) is 149 Å². The van der Waals surface area contributed by atoms with E-state index in [-0.39, 0.29) is 0 Å². The minimum Gasteiger partial charge on any atom is -0.234 e. The van der Waals surface area contributed by atoms with E-state index < -0.39 is 0 Å². The van der Waals surface area contributed by atoms with Crippen molar-refractivity contribution in [1.29, 1.82) is 0 Å². The third-order valence-corrected chi connectivity index (χ3v) is 6.29. The van der Waals surface area contributed by atoms with Gasteiger partial charge in [-0.05, 0) is 25.7 Å². The molecule has 2 heteroatoms. The molecule has 1 aromatic heterocycles. The third kappa shape index (κ3) is 12.5. The summed E-state index contributed by atoms with van der Waals surface area (Å²) >= 11 is 0. The van der Waals surface area contributed by atoms with Crippen LogP contribution < -0.4 is 4.57 Å². The first-order valence-electron chi connectivity index (χ1n) is 13.3. The molecule has 170 valence electrons. The van der Waals surface area contributed by atoms with E-state index in [2.05, 4.69) is 49.2 Å². The highest BCUT2D eigenvalue weighted by atomic mass is 15.1. The molecule has 1 aromatic rings. The lowest BCUT2D eigenvalue weighted by Gasteiger charge is -2.08. The van der Waals surface area contributed by atoms with Gasteiger partial charge in [-0.15, -0.1) is 0 Å². The maximum absolute atomic E-state index is 2.54. The average molecular weight is 406 g/mol. The van der Waals surface area contributed by atoms with Gasteiger partial charge in [0.25, 0.3) is 5.82 Å². The molecule has 0 bridgehead atoms. The number of nitrogens with zero attached hydrogens (tertiary/aromatic N) is 2. The minimum atomic E-state index is 0.609. The normalized spacial score (nSPS) is 11.6. The van der Waals surface area contributed by atoms with Gasteiger partial charge in [0.2, 0.25) is 0 Å². The van der Waals surface area contributed by atoms with Gasteiger partial charge in [-0.1, -0.05) is 111 Å². The van der Waals surface area contributed by atoms with Crippen molar-refractivity contribution in [3.8, 4) is 0 Å². The number of unbranched alkanes of at least 4 members (excludes halogenated alkanes) is 15. The molecule has 29 heavy (non-hydrogen) atoms. The molecule has 0 aliphatic heterocycles. The summed E-state index contributed by atoms with van der Waals surface area (Å²) in [6.45, 7) is 11.7. The molecule has 1 rings (SSSR count). The van der Waals surface area contributed by atoms with Gasteiger partial charge in [0.1, 0.15) is 12.4 Å². The van der Waals surface area contributed by atoms with E-state index in [9.17, 15) is 0 Å². The number of aryl methyl sites for hydroxylation is 2. The highest BCUT2D eigenvalue weighted by Gasteiger charge is 2.19. The summed E-state index contributed by atoms with van der Waals surface area (Å²) in [6, 6.07) is 0. The van der Waals surface area contributed by atoms with E-state index in [1.807, 2.05) is 0 Å². The van der Waals surface area contributed by atoms with Crippen molar-refractivity contribution in [3.05, 3.63) is 18.2 Å². The van der Waals surface area contributed by atoms with Gasteiger partial charge in [0.05, 0.1) is 19.0 Å². The fourth-order valence-corrected chi connectivity index (χ4v) is 4.53. The van der Waals surface area contributed by atoms with Crippen LogP contribution >= 0.6 is 0 Å². The van der Waals surface area contributed by atoms with Crippen LogP contribution in [-0.2, 0) is 13.1 Å². The fraction of sp³-hybridized carbons (Fsp3) is 0.889. The average Bonchev–Trinajstić information content (AvgIpc) is 3.11. The number of rotatable bonds is 20. The van der Waals surface area contributed by atoms with Crippen LogP contribution in [0.5, 0.6) is 0 Å².